The van der Waals surface area contributed by atoms with Crippen molar-refractivity contribution < 1.29 is 32.2 Å². The predicted octanol–water partition coefficient (Wildman–Crippen LogP) is 2.70. The highest BCUT2D eigenvalue weighted by molar-refractivity contribution is 5.73. The van der Waals surface area contributed by atoms with Crippen LogP contribution in [0.1, 0.15) is 29.7 Å². The highest BCUT2D eigenvalue weighted by Gasteiger charge is 2.38. The first-order valence-electron chi connectivity index (χ1n) is 10.5. The molecule has 2 aliphatic heterocycles. The Morgan fingerprint density at radius 1 is 1.09 bits per heavy atom. The standard InChI is InChI=1S/C19H26N4O2.C2HF3O2/c1-2-15-3-4-16(25-15)13-22-7-5-17-18(6-8-22)20-14-21-19(17)23-9-11-24-12-10-23;3-2(4,5)1(6)7/h3-4,14H,2,5-13H2,1H3;(H,6,7). The number of nitrogens with zero attached hydrogens (tertiary/aromatic N) is 4. The molecule has 0 amide bonds. The van der Waals surface area contributed by atoms with Crippen LogP contribution in [0.25, 0.3) is 0 Å². The highest BCUT2D eigenvalue weighted by atomic mass is 19.4. The van der Waals surface area contributed by atoms with E-state index < -0.39 is 12.1 Å². The molecule has 0 radical (unpaired) electrons. The molecule has 0 bridgehead atoms. The average molecular weight is 456 g/mol. The number of anilines is 1. The lowest BCUT2D eigenvalue weighted by molar-refractivity contribution is -0.192. The predicted molar refractivity (Wildman–Crippen MR) is 110 cm³/mol. The average Bonchev–Trinajstić information content (AvgIpc) is 3.13. The van der Waals surface area contributed by atoms with Gasteiger partial charge in [0.15, 0.2) is 0 Å². The molecule has 0 unspecified atom stereocenters. The highest BCUT2D eigenvalue weighted by Crippen LogP contribution is 2.25. The molecule has 2 aliphatic rings. The number of hydrogen-bond donors (Lipinski definition) is 1. The van der Waals surface area contributed by atoms with E-state index in [4.69, 9.17) is 19.1 Å². The van der Waals surface area contributed by atoms with Gasteiger partial charge in [0.1, 0.15) is 23.7 Å². The van der Waals surface area contributed by atoms with Crippen LogP contribution >= 0.6 is 0 Å². The van der Waals surface area contributed by atoms with Crippen LogP contribution in [0.15, 0.2) is 22.9 Å². The van der Waals surface area contributed by atoms with E-state index in [0.29, 0.717) is 0 Å². The number of morpholine rings is 1. The first kappa shape index (κ1) is 24.0. The number of aromatic nitrogens is 2. The number of rotatable bonds is 4. The summed E-state index contributed by atoms with van der Waals surface area (Å²) >= 11 is 0. The summed E-state index contributed by atoms with van der Waals surface area (Å²) in [4.78, 5) is 22.9. The second kappa shape index (κ2) is 10.8. The fourth-order valence-corrected chi connectivity index (χ4v) is 3.68. The number of hydrogen-bond acceptors (Lipinski definition) is 7. The second-order valence-corrected chi connectivity index (χ2v) is 7.52. The smallest absolute Gasteiger partial charge is 0.475 e. The lowest BCUT2D eigenvalue weighted by Gasteiger charge is -2.29. The molecule has 2 aromatic rings. The van der Waals surface area contributed by atoms with Crippen molar-refractivity contribution in [1.29, 1.82) is 0 Å². The lowest BCUT2D eigenvalue weighted by Crippen LogP contribution is -2.37. The number of ether oxygens (including phenoxy) is 1. The molecule has 1 saturated heterocycles. The summed E-state index contributed by atoms with van der Waals surface area (Å²) in [7, 11) is 0. The van der Waals surface area contributed by atoms with Crippen molar-refractivity contribution in [1.82, 2.24) is 14.9 Å². The minimum Gasteiger partial charge on any atom is -0.475 e. The molecule has 0 spiro atoms. The van der Waals surface area contributed by atoms with Crippen molar-refractivity contribution in [3.63, 3.8) is 0 Å². The Bertz CT molecular complexity index is 897. The number of halogens is 3. The van der Waals surface area contributed by atoms with Crippen molar-refractivity contribution in [3.8, 4) is 0 Å². The molecule has 32 heavy (non-hydrogen) atoms. The Hall–Kier alpha value is -2.66. The number of carbonyl (C=O) groups is 1. The van der Waals surface area contributed by atoms with Gasteiger partial charge in [0.05, 0.1) is 25.5 Å². The molecular formula is C21H27F3N4O4. The maximum atomic E-state index is 10.6. The summed E-state index contributed by atoms with van der Waals surface area (Å²) in [5.74, 6) is 0.477. The number of carboxylic acids is 1. The SMILES string of the molecule is CCc1ccc(CN2CCc3ncnc(N4CCOCC4)c3CC2)o1.O=C(O)C(F)(F)F. The molecule has 1 fully saturated rings. The van der Waals surface area contributed by atoms with Gasteiger partial charge >= 0.3 is 12.1 Å². The Morgan fingerprint density at radius 2 is 1.75 bits per heavy atom. The summed E-state index contributed by atoms with van der Waals surface area (Å²) in [5.41, 5.74) is 2.52. The zero-order valence-electron chi connectivity index (χ0n) is 17.9. The number of fused-ring (bicyclic) bond motifs is 1. The van der Waals surface area contributed by atoms with Gasteiger partial charge in [-0.3, -0.25) is 4.90 Å². The minimum atomic E-state index is -5.08. The minimum absolute atomic E-state index is 0.781. The first-order chi connectivity index (χ1) is 15.3. The Kier molecular flexibility index (Phi) is 8.08. The quantitative estimate of drug-likeness (QED) is 0.751. The summed E-state index contributed by atoms with van der Waals surface area (Å²) in [6, 6.07) is 4.19. The Morgan fingerprint density at radius 3 is 2.38 bits per heavy atom. The number of alkyl halides is 3. The summed E-state index contributed by atoms with van der Waals surface area (Å²) < 4.78 is 43.1. The van der Waals surface area contributed by atoms with Crippen LogP contribution in [0.2, 0.25) is 0 Å². The van der Waals surface area contributed by atoms with Gasteiger partial charge < -0.3 is 19.2 Å². The number of aliphatic carboxylic acids is 1. The summed E-state index contributed by atoms with van der Waals surface area (Å²) in [5, 5.41) is 7.12. The molecule has 11 heteroatoms. The van der Waals surface area contributed by atoms with E-state index in [1.54, 1.807) is 6.33 Å². The molecule has 0 atom stereocenters. The zero-order chi connectivity index (χ0) is 23.1. The van der Waals surface area contributed by atoms with E-state index in [1.165, 1.54) is 11.3 Å². The molecule has 0 saturated carbocycles. The van der Waals surface area contributed by atoms with Crippen molar-refractivity contribution in [2.24, 2.45) is 0 Å². The molecule has 176 valence electrons. The first-order valence-corrected chi connectivity index (χ1v) is 10.5. The monoisotopic (exact) mass is 456 g/mol. The van der Waals surface area contributed by atoms with Crippen LogP contribution in [0.5, 0.6) is 0 Å². The van der Waals surface area contributed by atoms with Gasteiger partial charge in [0.25, 0.3) is 0 Å². The number of carboxylic acid groups (broad SMARTS) is 1. The lowest BCUT2D eigenvalue weighted by atomic mass is 10.1. The Balaban J connectivity index is 0.000000360. The summed E-state index contributed by atoms with van der Waals surface area (Å²) in [6.45, 7) is 8.41. The van der Waals surface area contributed by atoms with Crippen LogP contribution < -0.4 is 4.90 Å². The van der Waals surface area contributed by atoms with Gasteiger partial charge in [-0.25, -0.2) is 14.8 Å². The van der Waals surface area contributed by atoms with Crippen molar-refractivity contribution in [3.05, 3.63) is 41.2 Å². The van der Waals surface area contributed by atoms with Gasteiger partial charge in [-0.2, -0.15) is 13.2 Å². The largest absolute Gasteiger partial charge is 0.490 e. The van der Waals surface area contributed by atoms with Crippen molar-refractivity contribution in [2.75, 3.05) is 44.3 Å². The van der Waals surface area contributed by atoms with E-state index in [-0.39, 0.29) is 0 Å². The summed E-state index contributed by atoms with van der Waals surface area (Å²) in [6.07, 6.45) is -0.454. The van der Waals surface area contributed by atoms with E-state index in [0.717, 1.165) is 82.5 Å². The molecule has 4 rings (SSSR count). The molecule has 0 aromatic carbocycles. The second-order valence-electron chi connectivity index (χ2n) is 7.52. The number of furan rings is 1. The van der Waals surface area contributed by atoms with Crippen molar-refractivity contribution >= 4 is 11.8 Å². The van der Waals surface area contributed by atoms with Gasteiger partial charge in [0.2, 0.25) is 0 Å². The van der Waals surface area contributed by atoms with Gasteiger partial charge in [0, 0.05) is 44.6 Å². The molecule has 1 N–H and O–H groups in total. The fourth-order valence-electron chi connectivity index (χ4n) is 3.68. The van der Waals surface area contributed by atoms with Crippen LogP contribution in [-0.4, -0.2) is 71.5 Å². The van der Waals surface area contributed by atoms with Crippen LogP contribution in [-0.2, 0) is 35.3 Å². The van der Waals surface area contributed by atoms with Crippen molar-refractivity contribution in [2.45, 2.75) is 38.9 Å². The molecule has 2 aromatic heterocycles. The Labute approximate surface area is 184 Å². The third-order valence-electron chi connectivity index (χ3n) is 5.35. The normalized spacial score (nSPS) is 17.2. The van der Waals surface area contributed by atoms with E-state index in [1.807, 2.05) is 0 Å². The number of aryl methyl sites for hydroxylation is 1. The maximum Gasteiger partial charge on any atom is 0.490 e. The topological polar surface area (TPSA) is 91.9 Å². The van der Waals surface area contributed by atoms with Crippen LogP contribution in [0.4, 0.5) is 19.0 Å². The fraction of sp³-hybridized carbons (Fsp3) is 0.571. The van der Waals surface area contributed by atoms with Crippen LogP contribution in [0, 0.1) is 0 Å². The van der Waals surface area contributed by atoms with E-state index in [9.17, 15) is 13.2 Å². The van der Waals surface area contributed by atoms with Crippen LogP contribution in [0.3, 0.4) is 0 Å². The van der Waals surface area contributed by atoms with Gasteiger partial charge in [-0.1, -0.05) is 6.92 Å². The van der Waals surface area contributed by atoms with Gasteiger partial charge in [-0.15, -0.1) is 0 Å². The molecule has 0 aliphatic carbocycles. The van der Waals surface area contributed by atoms with Gasteiger partial charge in [-0.05, 0) is 18.6 Å². The van der Waals surface area contributed by atoms with E-state index in [2.05, 4.69) is 38.8 Å². The maximum absolute atomic E-state index is 10.6. The molecule has 8 nitrogen and oxygen atoms in total. The molecule has 4 heterocycles. The van der Waals surface area contributed by atoms with E-state index >= 15 is 0 Å². The molecular weight excluding hydrogens is 429 g/mol. The third kappa shape index (κ3) is 6.42. The third-order valence-corrected chi connectivity index (χ3v) is 5.35. The zero-order valence-corrected chi connectivity index (χ0v) is 17.9.